The van der Waals surface area contributed by atoms with Crippen LogP contribution < -0.4 is 4.74 Å². The van der Waals surface area contributed by atoms with Crippen LogP contribution in [0.5, 0.6) is 5.75 Å². The predicted octanol–water partition coefficient (Wildman–Crippen LogP) is 3.72. The third-order valence-corrected chi connectivity index (χ3v) is 4.91. The summed E-state index contributed by atoms with van der Waals surface area (Å²) in [5.41, 5.74) is -2.15. The van der Waals surface area contributed by atoms with Gasteiger partial charge in [-0.05, 0) is 18.1 Å². The minimum absolute atomic E-state index is 0.0552. The van der Waals surface area contributed by atoms with Gasteiger partial charge < -0.3 is 4.74 Å². The van der Waals surface area contributed by atoms with E-state index < -0.39 is 26.8 Å². The fraction of sp³-hybridized carbons (Fsp3) is 0.250. The Morgan fingerprint density at radius 2 is 1.75 bits per heavy atom. The molecule has 128 valence electrons. The highest BCUT2D eigenvalue weighted by Crippen LogP contribution is 2.49. The number of benzene rings is 2. The van der Waals surface area contributed by atoms with Crippen molar-refractivity contribution in [2.45, 2.75) is 29.5 Å². The quantitative estimate of drug-likeness (QED) is 0.831. The lowest BCUT2D eigenvalue weighted by molar-refractivity contribution is -0.260. The van der Waals surface area contributed by atoms with E-state index in [0.29, 0.717) is 5.56 Å². The molecule has 0 amide bonds. The summed E-state index contributed by atoms with van der Waals surface area (Å²) < 4.78 is 78.3. The van der Waals surface area contributed by atoms with Crippen LogP contribution in [0.25, 0.3) is 0 Å². The summed E-state index contributed by atoms with van der Waals surface area (Å²) >= 11 is 0. The molecule has 0 bridgehead atoms. The molecule has 2 aromatic rings. The van der Waals surface area contributed by atoms with E-state index in [-0.39, 0.29) is 24.2 Å². The van der Waals surface area contributed by atoms with Gasteiger partial charge in [0.05, 0.1) is 4.90 Å². The highest BCUT2D eigenvalue weighted by molar-refractivity contribution is 7.85. The fourth-order valence-electron chi connectivity index (χ4n) is 2.82. The molecular formula is C16H13F3O4S. The average molecular weight is 358 g/mol. The Bertz CT molecular complexity index is 863. The lowest BCUT2D eigenvalue weighted by Gasteiger charge is -2.40. The van der Waals surface area contributed by atoms with Gasteiger partial charge in [-0.1, -0.05) is 36.4 Å². The van der Waals surface area contributed by atoms with Gasteiger partial charge in [0.25, 0.3) is 10.1 Å². The zero-order valence-electron chi connectivity index (χ0n) is 12.2. The molecule has 0 aromatic heterocycles. The molecule has 2 aromatic carbocycles. The summed E-state index contributed by atoms with van der Waals surface area (Å²) in [6.45, 7) is 0. The maximum Gasteiger partial charge on any atom is 0.432 e. The Morgan fingerprint density at radius 3 is 2.33 bits per heavy atom. The van der Waals surface area contributed by atoms with Crippen LogP contribution in [0, 0.1) is 0 Å². The van der Waals surface area contributed by atoms with Gasteiger partial charge in [0.1, 0.15) is 5.75 Å². The summed E-state index contributed by atoms with van der Waals surface area (Å²) in [5, 5.41) is 0. The van der Waals surface area contributed by atoms with Gasteiger partial charge in [-0.2, -0.15) is 21.6 Å². The number of fused-ring (bicyclic) bond motifs is 1. The smallest absolute Gasteiger partial charge is 0.432 e. The summed E-state index contributed by atoms with van der Waals surface area (Å²) in [6.07, 6.45) is -4.95. The minimum Gasteiger partial charge on any atom is -0.473 e. The molecule has 0 fully saturated rings. The summed E-state index contributed by atoms with van der Waals surface area (Å²) in [7, 11) is -4.53. The van der Waals surface area contributed by atoms with Crippen LogP contribution in [-0.2, 0) is 22.1 Å². The van der Waals surface area contributed by atoms with E-state index in [1.54, 1.807) is 6.07 Å². The normalized spacial score (nSPS) is 21.0. The van der Waals surface area contributed by atoms with E-state index >= 15 is 0 Å². The van der Waals surface area contributed by atoms with Gasteiger partial charge in [-0.15, -0.1) is 0 Å². The molecule has 1 heterocycles. The van der Waals surface area contributed by atoms with Crippen LogP contribution in [0.1, 0.15) is 17.5 Å². The number of alkyl halides is 3. The average Bonchev–Trinajstić information content (AvgIpc) is 2.52. The molecule has 4 nitrogen and oxygen atoms in total. The third-order valence-electron chi connectivity index (χ3n) is 4.07. The molecule has 1 aliphatic heterocycles. The van der Waals surface area contributed by atoms with E-state index in [0.717, 1.165) is 12.1 Å². The van der Waals surface area contributed by atoms with Crippen LogP contribution in [0.3, 0.4) is 0 Å². The van der Waals surface area contributed by atoms with Crippen LogP contribution in [0.4, 0.5) is 13.2 Å². The monoisotopic (exact) mass is 358 g/mol. The number of ether oxygens (including phenoxy) is 1. The van der Waals surface area contributed by atoms with Gasteiger partial charge >= 0.3 is 6.18 Å². The van der Waals surface area contributed by atoms with Gasteiger partial charge in [-0.25, -0.2) is 0 Å². The number of hydrogen-bond acceptors (Lipinski definition) is 3. The van der Waals surface area contributed by atoms with Crippen molar-refractivity contribution in [2.75, 3.05) is 0 Å². The second kappa shape index (κ2) is 5.49. The number of aryl methyl sites for hydroxylation is 1. The SMILES string of the molecule is O=S(=O)(O)c1ccc2c(c1)OC(c1ccccc1)(C(F)(F)F)CC2. The Labute approximate surface area is 136 Å². The molecule has 1 atom stereocenters. The number of rotatable bonds is 2. The molecule has 8 heteroatoms. The first-order chi connectivity index (χ1) is 11.1. The molecule has 0 spiro atoms. The van der Waals surface area contributed by atoms with Crippen molar-refractivity contribution in [3.05, 3.63) is 59.7 Å². The summed E-state index contributed by atoms with van der Waals surface area (Å²) in [4.78, 5) is -0.507. The zero-order valence-corrected chi connectivity index (χ0v) is 13.1. The second-order valence-electron chi connectivity index (χ2n) is 5.54. The largest absolute Gasteiger partial charge is 0.473 e. The van der Waals surface area contributed by atoms with Gasteiger partial charge in [0.15, 0.2) is 0 Å². The lowest BCUT2D eigenvalue weighted by Crippen LogP contribution is -2.49. The van der Waals surface area contributed by atoms with E-state index in [9.17, 15) is 21.6 Å². The topological polar surface area (TPSA) is 63.6 Å². The standard InChI is InChI=1S/C16H13F3O4S/c17-16(18,19)15(12-4-2-1-3-5-12)9-8-11-6-7-13(24(20,21)22)10-14(11)23-15/h1-7,10H,8-9H2,(H,20,21,22). The molecule has 1 aliphatic rings. The van der Waals surface area contributed by atoms with Crippen molar-refractivity contribution in [1.82, 2.24) is 0 Å². The van der Waals surface area contributed by atoms with Gasteiger partial charge in [0, 0.05) is 18.1 Å². The fourth-order valence-corrected chi connectivity index (χ4v) is 3.32. The van der Waals surface area contributed by atoms with E-state index in [1.807, 2.05) is 0 Å². The van der Waals surface area contributed by atoms with Crippen molar-refractivity contribution in [1.29, 1.82) is 0 Å². The summed E-state index contributed by atoms with van der Waals surface area (Å²) in [5.74, 6) is -0.197. The Hall–Kier alpha value is -2.06. The molecule has 24 heavy (non-hydrogen) atoms. The Morgan fingerprint density at radius 1 is 1.08 bits per heavy atom. The molecule has 0 radical (unpaired) electrons. The second-order valence-corrected chi connectivity index (χ2v) is 6.96. The zero-order chi connectivity index (χ0) is 17.6. The summed E-state index contributed by atoms with van der Waals surface area (Å²) in [6, 6.07) is 10.6. The molecular weight excluding hydrogens is 345 g/mol. The van der Waals surface area contributed by atoms with Crippen molar-refractivity contribution in [3.63, 3.8) is 0 Å². The first kappa shape index (κ1) is 16.8. The lowest BCUT2D eigenvalue weighted by atomic mass is 9.84. The predicted molar refractivity (Wildman–Crippen MR) is 79.4 cm³/mol. The molecule has 3 rings (SSSR count). The number of hydrogen-bond donors (Lipinski definition) is 1. The van der Waals surface area contributed by atoms with Crippen LogP contribution in [-0.4, -0.2) is 19.1 Å². The first-order valence-corrected chi connectivity index (χ1v) is 8.49. The Balaban J connectivity index is 2.14. The highest BCUT2D eigenvalue weighted by atomic mass is 32.2. The molecule has 0 saturated heterocycles. The molecule has 0 aliphatic carbocycles. The van der Waals surface area contributed by atoms with Crippen molar-refractivity contribution >= 4 is 10.1 Å². The van der Waals surface area contributed by atoms with Crippen LogP contribution >= 0.6 is 0 Å². The minimum atomic E-state index is -4.69. The third kappa shape index (κ3) is 2.76. The van der Waals surface area contributed by atoms with E-state index in [2.05, 4.69) is 0 Å². The number of halogens is 3. The van der Waals surface area contributed by atoms with Crippen LogP contribution in [0.15, 0.2) is 53.4 Å². The maximum absolute atomic E-state index is 13.8. The van der Waals surface area contributed by atoms with Crippen molar-refractivity contribution in [3.8, 4) is 5.75 Å². The van der Waals surface area contributed by atoms with Crippen molar-refractivity contribution < 1.29 is 30.9 Å². The van der Waals surface area contributed by atoms with Crippen molar-refractivity contribution in [2.24, 2.45) is 0 Å². The Kier molecular flexibility index (Phi) is 3.84. The highest BCUT2D eigenvalue weighted by Gasteiger charge is 2.59. The van der Waals surface area contributed by atoms with Crippen LogP contribution in [0.2, 0.25) is 0 Å². The van der Waals surface area contributed by atoms with E-state index in [4.69, 9.17) is 9.29 Å². The first-order valence-electron chi connectivity index (χ1n) is 7.05. The molecule has 1 N–H and O–H groups in total. The maximum atomic E-state index is 13.8. The molecule has 0 saturated carbocycles. The van der Waals surface area contributed by atoms with Gasteiger partial charge in [0.2, 0.25) is 5.60 Å². The molecule has 1 unspecified atom stereocenters. The van der Waals surface area contributed by atoms with E-state index in [1.165, 1.54) is 30.3 Å². The van der Waals surface area contributed by atoms with Gasteiger partial charge in [-0.3, -0.25) is 4.55 Å².